The molecule has 6 heteroatoms. The molecule has 1 aliphatic heterocycles. The Morgan fingerprint density at radius 1 is 1.28 bits per heavy atom. The van der Waals surface area contributed by atoms with Crippen LogP contribution < -0.4 is 5.32 Å². The van der Waals surface area contributed by atoms with Crippen molar-refractivity contribution in [3.63, 3.8) is 0 Å². The molecule has 1 saturated carbocycles. The van der Waals surface area contributed by atoms with Crippen LogP contribution in [0.4, 0.5) is 0 Å². The number of aromatic nitrogens is 2. The van der Waals surface area contributed by atoms with E-state index in [-0.39, 0.29) is 18.1 Å². The molecular formula is C12H10ClN3O2. The minimum Gasteiger partial charge on any atom is -0.331 e. The Morgan fingerprint density at radius 2 is 2.06 bits per heavy atom. The summed E-state index contributed by atoms with van der Waals surface area (Å²) in [6.45, 7) is 0. The van der Waals surface area contributed by atoms with Gasteiger partial charge in [-0.3, -0.25) is 9.59 Å². The molecule has 0 unspecified atom stereocenters. The minimum absolute atomic E-state index is 0.144. The molecule has 0 saturated heterocycles. The molecule has 0 spiro atoms. The highest BCUT2D eigenvalue weighted by molar-refractivity contribution is 6.30. The maximum absolute atomic E-state index is 11.8. The van der Waals surface area contributed by atoms with Crippen molar-refractivity contribution in [2.45, 2.75) is 25.2 Å². The van der Waals surface area contributed by atoms with Crippen molar-refractivity contribution in [1.29, 1.82) is 0 Å². The second-order valence-corrected chi connectivity index (χ2v) is 4.83. The fourth-order valence-electron chi connectivity index (χ4n) is 1.95. The zero-order chi connectivity index (χ0) is 12.7. The van der Waals surface area contributed by atoms with E-state index in [1.54, 1.807) is 6.07 Å². The molecule has 92 valence electrons. The van der Waals surface area contributed by atoms with Gasteiger partial charge in [0.1, 0.15) is 0 Å². The number of hydrogen-bond donors (Lipinski definition) is 1. The topological polar surface area (TPSA) is 72.0 Å². The van der Waals surface area contributed by atoms with Crippen molar-refractivity contribution in [2.75, 3.05) is 0 Å². The van der Waals surface area contributed by atoms with Crippen LogP contribution in [0.25, 0.3) is 5.57 Å². The van der Waals surface area contributed by atoms with Crippen molar-refractivity contribution in [3.8, 4) is 0 Å². The largest absolute Gasteiger partial charge is 0.331 e. The number of carbonyl (C=O) groups is 2. The number of halogens is 1. The molecule has 2 heterocycles. The fourth-order valence-corrected chi connectivity index (χ4v) is 2.19. The number of amides is 1. The Hall–Kier alpha value is -1.75. The van der Waals surface area contributed by atoms with Crippen LogP contribution in [-0.2, 0) is 9.59 Å². The average Bonchev–Trinajstić information content (AvgIpc) is 3.14. The Labute approximate surface area is 108 Å². The molecule has 0 bridgehead atoms. The summed E-state index contributed by atoms with van der Waals surface area (Å²) < 4.78 is 0. The van der Waals surface area contributed by atoms with Crippen molar-refractivity contribution >= 4 is 28.9 Å². The molecule has 0 aromatic carbocycles. The van der Waals surface area contributed by atoms with Gasteiger partial charge in [0.15, 0.2) is 10.9 Å². The molecule has 1 fully saturated rings. The molecule has 18 heavy (non-hydrogen) atoms. The first-order chi connectivity index (χ1) is 8.65. The number of nitrogens with zero attached hydrogens (tertiary/aromatic N) is 2. The van der Waals surface area contributed by atoms with Crippen LogP contribution in [-0.4, -0.2) is 21.9 Å². The summed E-state index contributed by atoms with van der Waals surface area (Å²) in [7, 11) is 0. The number of hydrogen-bond acceptors (Lipinski definition) is 4. The number of rotatable bonds is 2. The molecule has 0 atom stereocenters. The van der Waals surface area contributed by atoms with Gasteiger partial charge in [0.05, 0.1) is 17.7 Å². The summed E-state index contributed by atoms with van der Waals surface area (Å²) in [5.74, 6) is -0.106. The van der Waals surface area contributed by atoms with Gasteiger partial charge in [0, 0.05) is 6.20 Å². The van der Waals surface area contributed by atoms with Crippen LogP contribution in [0, 0.1) is 0 Å². The molecule has 1 aromatic rings. The van der Waals surface area contributed by atoms with Gasteiger partial charge in [0.2, 0.25) is 5.91 Å². The first-order valence-electron chi connectivity index (χ1n) is 5.71. The lowest BCUT2D eigenvalue weighted by Gasteiger charge is -2.12. The van der Waals surface area contributed by atoms with Crippen LogP contribution in [0.15, 0.2) is 12.3 Å². The summed E-state index contributed by atoms with van der Waals surface area (Å²) in [5, 5.41) is 10.7. The number of allylic oxidation sites excluding steroid dienone is 1. The van der Waals surface area contributed by atoms with Crippen LogP contribution in [0.5, 0.6) is 0 Å². The summed E-state index contributed by atoms with van der Waals surface area (Å²) in [6, 6.07) is 1.80. The molecule has 3 rings (SSSR count). The number of ketones is 1. The SMILES string of the molecule is O=C1CC(=O)C(c2cc(C3CC3)c(Cl)nn2)=CN1. The first-order valence-corrected chi connectivity index (χ1v) is 6.09. The van der Waals surface area contributed by atoms with Gasteiger partial charge in [-0.15, -0.1) is 10.2 Å². The molecule has 5 nitrogen and oxygen atoms in total. The van der Waals surface area contributed by atoms with E-state index in [9.17, 15) is 9.59 Å². The van der Waals surface area contributed by atoms with E-state index in [1.807, 2.05) is 0 Å². The van der Waals surface area contributed by atoms with E-state index in [2.05, 4.69) is 15.5 Å². The Morgan fingerprint density at radius 3 is 2.72 bits per heavy atom. The second kappa shape index (κ2) is 4.17. The first kappa shape index (κ1) is 11.3. The fraction of sp³-hybridized carbons (Fsp3) is 0.333. The number of Topliss-reactive ketones (excluding diaryl/α,β-unsaturated/α-hetero) is 1. The normalized spacial score (nSPS) is 19.5. The lowest BCUT2D eigenvalue weighted by Crippen LogP contribution is -2.27. The lowest BCUT2D eigenvalue weighted by atomic mass is 10.0. The highest BCUT2D eigenvalue weighted by Gasteiger charge is 2.29. The predicted octanol–water partition coefficient (Wildman–Crippen LogP) is 1.44. The van der Waals surface area contributed by atoms with Gasteiger partial charge >= 0.3 is 0 Å². The summed E-state index contributed by atoms with van der Waals surface area (Å²) in [6.07, 6.45) is 3.43. The standard InChI is InChI=1S/C12H10ClN3O2/c13-12-7(6-1-2-6)3-9(15-16-12)8-5-14-11(18)4-10(8)17/h3,5-6H,1-2,4H2,(H,14,18). The van der Waals surface area contributed by atoms with Gasteiger partial charge in [-0.25, -0.2) is 0 Å². The van der Waals surface area contributed by atoms with Crippen LogP contribution in [0.3, 0.4) is 0 Å². The van der Waals surface area contributed by atoms with E-state index in [4.69, 9.17) is 11.6 Å². The van der Waals surface area contributed by atoms with E-state index >= 15 is 0 Å². The lowest BCUT2D eigenvalue weighted by molar-refractivity contribution is -0.125. The van der Waals surface area contributed by atoms with E-state index in [0.717, 1.165) is 18.4 Å². The number of nitrogens with one attached hydrogen (secondary N) is 1. The predicted molar refractivity (Wildman–Crippen MR) is 64.8 cm³/mol. The smallest absolute Gasteiger partial charge is 0.231 e. The highest BCUT2D eigenvalue weighted by Crippen LogP contribution is 2.43. The van der Waals surface area contributed by atoms with Gasteiger partial charge in [0.25, 0.3) is 0 Å². The van der Waals surface area contributed by atoms with Gasteiger partial charge in [-0.05, 0) is 30.4 Å². The van der Waals surface area contributed by atoms with Gasteiger partial charge in [-0.2, -0.15) is 0 Å². The molecule has 1 aromatic heterocycles. The van der Waals surface area contributed by atoms with Crippen LogP contribution in [0.2, 0.25) is 5.15 Å². The maximum Gasteiger partial charge on any atom is 0.231 e. The van der Waals surface area contributed by atoms with Crippen LogP contribution >= 0.6 is 11.6 Å². The minimum atomic E-state index is -0.298. The average molecular weight is 264 g/mol. The Balaban J connectivity index is 1.99. The summed E-state index contributed by atoms with van der Waals surface area (Å²) in [5.41, 5.74) is 1.80. The van der Waals surface area contributed by atoms with Crippen molar-refractivity contribution in [2.24, 2.45) is 0 Å². The zero-order valence-corrected chi connectivity index (χ0v) is 10.2. The third-order valence-electron chi connectivity index (χ3n) is 3.07. The molecule has 1 amide bonds. The van der Waals surface area contributed by atoms with Crippen LogP contribution in [0.1, 0.15) is 36.4 Å². The Kier molecular flexibility index (Phi) is 2.63. The molecular weight excluding hydrogens is 254 g/mol. The summed E-state index contributed by atoms with van der Waals surface area (Å²) in [4.78, 5) is 22.8. The molecule has 2 aliphatic rings. The highest BCUT2D eigenvalue weighted by atomic mass is 35.5. The Bertz CT molecular complexity index is 579. The monoisotopic (exact) mass is 263 g/mol. The number of carbonyl (C=O) groups excluding carboxylic acids is 2. The quantitative estimate of drug-likeness (QED) is 0.820. The van der Waals surface area contributed by atoms with Gasteiger partial charge in [-0.1, -0.05) is 11.6 Å². The van der Waals surface area contributed by atoms with Gasteiger partial charge < -0.3 is 5.32 Å². The van der Waals surface area contributed by atoms with E-state index in [0.29, 0.717) is 22.3 Å². The second-order valence-electron chi connectivity index (χ2n) is 4.48. The third kappa shape index (κ3) is 2.01. The molecule has 1 N–H and O–H groups in total. The van der Waals surface area contributed by atoms with Crippen molar-refractivity contribution in [1.82, 2.24) is 15.5 Å². The third-order valence-corrected chi connectivity index (χ3v) is 3.36. The van der Waals surface area contributed by atoms with E-state index < -0.39 is 0 Å². The van der Waals surface area contributed by atoms with E-state index in [1.165, 1.54) is 6.20 Å². The van der Waals surface area contributed by atoms with Crippen molar-refractivity contribution in [3.05, 3.63) is 28.7 Å². The summed E-state index contributed by atoms with van der Waals surface area (Å²) >= 11 is 5.98. The zero-order valence-electron chi connectivity index (χ0n) is 9.44. The molecule has 0 radical (unpaired) electrons. The van der Waals surface area contributed by atoms with Crippen molar-refractivity contribution < 1.29 is 9.59 Å². The molecule has 1 aliphatic carbocycles. The maximum atomic E-state index is 11.8.